The van der Waals surface area contributed by atoms with Crippen molar-refractivity contribution in [2.75, 3.05) is 24.7 Å². The minimum atomic E-state index is -1.66. The number of rotatable bonds is 21. The number of fused-ring (bicyclic) bond motifs is 3. The molecule has 1 aromatic heterocycles. The summed E-state index contributed by atoms with van der Waals surface area (Å²) in [5.74, 6) is -9.36. The largest absolute Gasteiger partial charge is 0.507 e. The monoisotopic (exact) mass is 1410 g/mol. The van der Waals surface area contributed by atoms with E-state index < -0.39 is 132 Å². The Morgan fingerprint density at radius 1 is 0.600 bits per heavy atom. The lowest BCUT2D eigenvalue weighted by Crippen LogP contribution is -2.62. The number of hydrogen-bond donors (Lipinski definition) is 17. The summed E-state index contributed by atoms with van der Waals surface area (Å²) >= 11 is 0. The number of aromatic nitrogens is 1. The van der Waals surface area contributed by atoms with E-state index in [-0.39, 0.29) is 61.3 Å². The number of phenols is 2. The molecule has 0 radical (unpaired) electrons. The van der Waals surface area contributed by atoms with Crippen molar-refractivity contribution in [2.45, 2.75) is 119 Å². The first kappa shape index (κ1) is 75.7. The molecule has 0 bridgehead atoms. The Hall–Kier alpha value is -10.1. The van der Waals surface area contributed by atoms with Crippen molar-refractivity contribution in [2.24, 2.45) is 11.5 Å². The van der Waals surface area contributed by atoms with Crippen molar-refractivity contribution >= 4 is 107 Å². The normalized spacial score (nSPS) is 19.4. The Labute approximate surface area is 583 Å². The second kappa shape index (κ2) is 36.1. The predicted octanol–water partition coefficient (Wildman–Crippen LogP) is 3.59. The number of carboxylic acids is 2. The van der Waals surface area contributed by atoms with Gasteiger partial charge in [-0.3, -0.25) is 33.6 Å². The number of aliphatic hydroxyl groups excluding tert-OH is 3. The first-order chi connectivity index (χ1) is 48.0. The quantitative estimate of drug-likeness (QED) is 0.0361. The standard InChI is InChI=1S/C49H66N10O10S2.C23H16O6/c1-28(61)39(25-60)56-48(68)41-27-71-70-26-40(57-43(63)34(51)21-30-13-5-3-6-14-30)47(67)54-37(22-31-15-7-4-8-16-31)45(65)55-38(23-32-24-52-35-18-10-9-17-33(32)35)46(66)53-36(19-11-12-20-50)44(64)59-42(29(2)62)49(69)58-41;24-20-16(14-7-3-1-5-12(14)9-18(20)22(26)27)11-17-15-8-4-2-6-13(15)10-19(21(17)25)23(28)29/h3-10,13-18,24,28-29,34,36-42,52,60-62H,11-12,19-23,25-27,50-51H2,1-2H3,(H,53,66)(H,54,67)(H,55,65)(H,56,68)(H,57,63)(H,58,69)(H,59,64);1-10,24-25H,11H2,(H,26,27)(H,28,29). The number of aliphatic hydroxyl groups is 3. The molecule has 0 saturated carbocycles. The molecule has 1 saturated heterocycles. The second-order valence-corrected chi connectivity index (χ2v) is 26.8. The third-order valence-corrected chi connectivity index (χ3v) is 19.3. The zero-order chi connectivity index (χ0) is 72.2. The highest BCUT2D eigenvalue weighted by atomic mass is 33.1. The van der Waals surface area contributed by atoms with Crippen molar-refractivity contribution in [3.63, 3.8) is 0 Å². The van der Waals surface area contributed by atoms with E-state index in [1.807, 2.05) is 30.3 Å². The van der Waals surface area contributed by atoms with Gasteiger partial charge >= 0.3 is 11.9 Å². The fraction of sp³-hybridized carbons (Fsp3) is 0.319. The molecule has 10 unspecified atom stereocenters. The van der Waals surface area contributed by atoms with Gasteiger partial charge in [-0.2, -0.15) is 0 Å². The van der Waals surface area contributed by atoms with Crippen molar-refractivity contribution in [1.82, 2.24) is 42.2 Å². The summed E-state index contributed by atoms with van der Waals surface area (Å²) in [4.78, 5) is 126. The number of nitrogens with one attached hydrogen (secondary N) is 8. The lowest BCUT2D eigenvalue weighted by atomic mass is 9.90. The average molecular weight is 1410 g/mol. The van der Waals surface area contributed by atoms with Gasteiger partial charge in [-0.15, -0.1) is 0 Å². The number of para-hydroxylation sites is 1. The van der Waals surface area contributed by atoms with Crippen LogP contribution in [0.25, 0.3) is 32.4 Å². The molecule has 1 fully saturated rings. The lowest BCUT2D eigenvalue weighted by molar-refractivity contribution is -0.136. The summed E-state index contributed by atoms with van der Waals surface area (Å²) in [5.41, 5.74) is 15.1. The van der Waals surface area contributed by atoms with Gasteiger partial charge in [-0.25, -0.2) is 9.59 Å². The second-order valence-electron chi connectivity index (χ2n) is 24.2. The Kier molecular flexibility index (Phi) is 27.4. The van der Waals surface area contributed by atoms with Crippen LogP contribution < -0.4 is 48.7 Å². The van der Waals surface area contributed by atoms with Gasteiger partial charge < -0.3 is 89.4 Å². The van der Waals surface area contributed by atoms with Gasteiger partial charge in [0.1, 0.15) is 58.9 Å². The van der Waals surface area contributed by atoms with Crippen LogP contribution in [0.15, 0.2) is 152 Å². The summed E-state index contributed by atoms with van der Waals surface area (Å²) in [6, 6.07) is 31.4. The molecule has 9 rings (SSSR count). The van der Waals surface area contributed by atoms with Crippen LogP contribution in [0, 0.1) is 0 Å². The molecule has 528 valence electrons. The van der Waals surface area contributed by atoms with Gasteiger partial charge in [0, 0.05) is 59.0 Å². The molecule has 26 nitrogen and oxygen atoms in total. The van der Waals surface area contributed by atoms with Crippen molar-refractivity contribution < 1.29 is 78.9 Å². The van der Waals surface area contributed by atoms with E-state index in [0.29, 0.717) is 56.6 Å². The molecule has 8 aromatic rings. The maximum absolute atomic E-state index is 14.7. The molecule has 19 N–H and O–H groups in total. The van der Waals surface area contributed by atoms with Crippen LogP contribution in [-0.4, -0.2) is 179 Å². The molecule has 7 aromatic carbocycles. The fourth-order valence-corrected chi connectivity index (χ4v) is 13.7. The number of aromatic amines is 1. The number of nitrogens with two attached hydrogens (primary N) is 2. The number of aromatic carboxylic acids is 2. The zero-order valence-electron chi connectivity index (χ0n) is 54.8. The minimum absolute atomic E-state index is 0.0340. The van der Waals surface area contributed by atoms with Gasteiger partial charge in [0.15, 0.2) is 0 Å². The van der Waals surface area contributed by atoms with Crippen LogP contribution in [0.4, 0.5) is 0 Å². The molecule has 7 amide bonds. The van der Waals surface area contributed by atoms with Gasteiger partial charge in [0.05, 0.1) is 30.9 Å². The molecule has 0 spiro atoms. The molecule has 100 heavy (non-hydrogen) atoms. The zero-order valence-corrected chi connectivity index (χ0v) is 56.4. The molecule has 10 atom stereocenters. The molecule has 1 aliphatic rings. The van der Waals surface area contributed by atoms with E-state index >= 15 is 0 Å². The highest BCUT2D eigenvalue weighted by Gasteiger charge is 2.37. The number of unbranched alkanes of at least 4 members (excludes halogenated alkanes) is 1. The van der Waals surface area contributed by atoms with Crippen LogP contribution in [0.5, 0.6) is 11.5 Å². The van der Waals surface area contributed by atoms with E-state index in [4.69, 9.17) is 11.5 Å². The number of carboxylic acid groups (broad SMARTS) is 2. The van der Waals surface area contributed by atoms with Gasteiger partial charge in [0.2, 0.25) is 41.4 Å². The van der Waals surface area contributed by atoms with Crippen molar-refractivity contribution in [1.29, 1.82) is 0 Å². The molecular weight excluding hydrogens is 1320 g/mol. The SMILES string of the molecule is CC(O)C(CO)NC(=O)C1CSSCC(NC(=O)C(N)Cc2ccccc2)C(=O)NC(Cc2ccccc2)C(=O)NC(Cc2c[nH]c3ccccc23)C(=O)NC(CCCCN)C(=O)NC(C(C)O)C(=O)N1.O=C(O)c1cc2ccccc2c(Cc2c(O)c(C(=O)O)cc3ccccc23)c1O. The Bertz CT molecular complexity index is 4120. The van der Waals surface area contributed by atoms with Gasteiger partial charge in [-0.05, 0) is 103 Å². The van der Waals surface area contributed by atoms with Crippen LogP contribution >= 0.6 is 21.6 Å². The number of carbonyl (C=O) groups is 9. The molecule has 0 aliphatic carbocycles. The summed E-state index contributed by atoms with van der Waals surface area (Å²) in [5, 5.41) is 93.3. The minimum Gasteiger partial charge on any atom is -0.507 e. The lowest BCUT2D eigenvalue weighted by Gasteiger charge is -2.29. The number of carbonyl (C=O) groups excluding carboxylic acids is 7. The van der Waals surface area contributed by atoms with Crippen LogP contribution in [0.1, 0.15) is 81.6 Å². The van der Waals surface area contributed by atoms with Crippen molar-refractivity contribution in [3.8, 4) is 11.5 Å². The average Bonchev–Trinajstić information content (AvgIpc) is 0.874. The number of hydrogen-bond acceptors (Lipinski definition) is 18. The molecule has 2 heterocycles. The first-order valence-corrected chi connectivity index (χ1v) is 34.8. The fourth-order valence-electron chi connectivity index (χ4n) is 11.4. The third kappa shape index (κ3) is 20.1. The molecule has 28 heteroatoms. The highest BCUT2D eigenvalue weighted by Crippen LogP contribution is 2.39. The third-order valence-electron chi connectivity index (χ3n) is 16.9. The molecule has 1 aliphatic heterocycles. The summed E-state index contributed by atoms with van der Waals surface area (Å²) < 4.78 is 0. The Balaban J connectivity index is 0.000000361. The van der Waals surface area contributed by atoms with E-state index in [2.05, 4.69) is 42.2 Å². The van der Waals surface area contributed by atoms with Crippen LogP contribution in [0.3, 0.4) is 0 Å². The topological polar surface area (TPSA) is 447 Å². The summed E-state index contributed by atoms with van der Waals surface area (Å²) in [6.07, 6.45) is -0.197. The van der Waals surface area contributed by atoms with Gasteiger partial charge in [-0.1, -0.05) is 149 Å². The van der Waals surface area contributed by atoms with Gasteiger partial charge in [0.25, 0.3) is 0 Å². The smallest absolute Gasteiger partial charge is 0.339 e. The van der Waals surface area contributed by atoms with E-state index in [0.717, 1.165) is 38.1 Å². The van der Waals surface area contributed by atoms with E-state index in [1.165, 1.54) is 26.0 Å². The number of amides is 7. The molecular formula is C72H82N10O16S2. The Morgan fingerprint density at radius 2 is 1.11 bits per heavy atom. The maximum Gasteiger partial charge on any atom is 0.339 e. The van der Waals surface area contributed by atoms with Crippen LogP contribution in [-0.2, 0) is 59.2 Å². The maximum atomic E-state index is 14.7. The van der Waals surface area contributed by atoms with Crippen LogP contribution in [0.2, 0.25) is 0 Å². The number of H-pyrrole nitrogens is 1. The van der Waals surface area contributed by atoms with E-state index in [9.17, 15) is 78.9 Å². The predicted molar refractivity (Wildman–Crippen MR) is 380 cm³/mol. The highest BCUT2D eigenvalue weighted by molar-refractivity contribution is 8.76. The van der Waals surface area contributed by atoms with Crippen molar-refractivity contribution in [3.05, 3.63) is 191 Å². The number of benzene rings is 7. The summed E-state index contributed by atoms with van der Waals surface area (Å²) in [7, 11) is 2.06. The first-order valence-electron chi connectivity index (χ1n) is 32.3. The summed E-state index contributed by atoms with van der Waals surface area (Å²) in [6.45, 7) is 2.23. The van der Waals surface area contributed by atoms with E-state index in [1.54, 1.807) is 109 Å². The Morgan fingerprint density at radius 3 is 1.67 bits per heavy atom. The number of aromatic hydroxyl groups is 2.